The summed E-state index contributed by atoms with van der Waals surface area (Å²) in [6.45, 7) is 0.0476. The van der Waals surface area contributed by atoms with E-state index in [-0.39, 0.29) is 25.3 Å². The first-order valence-corrected chi connectivity index (χ1v) is 7.76. The summed E-state index contributed by atoms with van der Waals surface area (Å²) in [4.78, 5) is 22.9. The Kier molecular flexibility index (Phi) is 5.98. The van der Waals surface area contributed by atoms with Gasteiger partial charge in [-0.3, -0.25) is 9.59 Å². The maximum absolute atomic E-state index is 12.4. The van der Waals surface area contributed by atoms with Gasteiger partial charge in [-0.25, -0.2) is 8.42 Å². The molecule has 1 amide bonds. The van der Waals surface area contributed by atoms with Crippen LogP contribution in [0, 0.1) is 0 Å². The average molecular weight is 335 g/mol. The van der Waals surface area contributed by atoms with Crippen LogP contribution in [0.2, 0.25) is 0 Å². The number of sulfone groups is 1. The highest BCUT2D eigenvalue weighted by Gasteiger charge is 2.26. The summed E-state index contributed by atoms with van der Waals surface area (Å²) in [7, 11) is -3.21. The first kappa shape index (κ1) is 18.0. The molecule has 1 rings (SSSR count). The first-order chi connectivity index (χ1) is 10.1. The number of alkyl halides is 2. The van der Waals surface area contributed by atoms with Gasteiger partial charge in [0.1, 0.15) is 0 Å². The van der Waals surface area contributed by atoms with Crippen molar-refractivity contribution in [3.8, 4) is 0 Å². The molecule has 0 spiro atoms. The quantitative estimate of drug-likeness (QED) is 0.807. The molecule has 0 aliphatic rings. The second kappa shape index (κ2) is 7.30. The van der Waals surface area contributed by atoms with E-state index < -0.39 is 26.5 Å². The van der Waals surface area contributed by atoms with Gasteiger partial charge in [-0.05, 0) is 17.7 Å². The SMILES string of the molecule is CN(CCC(=O)O)C(=O)Cc1ccc(S(=O)(=O)C(F)F)cc1. The fraction of sp³-hybridized carbons (Fsp3) is 0.385. The van der Waals surface area contributed by atoms with Crippen molar-refractivity contribution in [3.05, 3.63) is 29.8 Å². The number of carbonyl (C=O) groups excluding carboxylic acids is 1. The average Bonchev–Trinajstić information content (AvgIpc) is 2.44. The summed E-state index contributed by atoms with van der Waals surface area (Å²) >= 11 is 0. The summed E-state index contributed by atoms with van der Waals surface area (Å²) in [6, 6.07) is 4.58. The van der Waals surface area contributed by atoms with Gasteiger partial charge in [0.05, 0.1) is 17.7 Å². The predicted molar refractivity (Wildman–Crippen MR) is 73.2 cm³/mol. The molecular weight excluding hydrogens is 320 g/mol. The number of nitrogens with zero attached hydrogens (tertiary/aromatic N) is 1. The van der Waals surface area contributed by atoms with Gasteiger partial charge in [-0.15, -0.1) is 0 Å². The Bertz CT molecular complexity index is 643. The lowest BCUT2D eigenvalue weighted by molar-refractivity contribution is -0.138. The van der Waals surface area contributed by atoms with Crippen LogP contribution in [0.4, 0.5) is 8.78 Å². The molecule has 1 aromatic rings. The Balaban J connectivity index is 2.72. The Hall–Kier alpha value is -2.03. The Morgan fingerprint density at radius 2 is 1.77 bits per heavy atom. The van der Waals surface area contributed by atoms with Gasteiger partial charge in [0.25, 0.3) is 0 Å². The van der Waals surface area contributed by atoms with Gasteiger partial charge in [-0.2, -0.15) is 8.78 Å². The molecule has 9 heteroatoms. The van der Waals surface area contributed by atoms with Crippen molar-refractivity contribution in [2.24, 2.45) is 0 Å². The van der Waals surface area contributed by atoms with E-state index in [1.165, 1.54) is 24.1 Å². The van der Waals surface area contributed by atoms with Crippen LogP contribution in [0.15, 0.2) is 29.2 Å². The van der Waals surface area contributed by atoms with Crippen LogP contribution >= 0.6 is 0 Å². The van der Waals surface area contributed by atoms with Crippen molar-refractivity contribution in [3.63, 3.8) is 0 Å². The number of carbonyl (C=O) groups is 2. The number of rotatable bonds is 7. The number of aliphatic carboxylic acids is 1. The van der Waals surface area contributed by atoms with Crippen molar-refractivity contribution in [2.75, 3.05) is 13.6 Å². The first-order valence-electron chi connectivity index (χ1n) is 6.21. The molecule has 0 unspecified atom stereocenters. The van der Waals surface area contributed by atoms with Crippen LogP contribution in [0.3, 0.4) is 0 Å². The number of hydrogen-bond acceptors (Lipinski definition) is 4. The maximum Gasteiger partial charge on any atom is 0.341 e. The van der Waals surface area contributed by atoms with Crippen molar-refractivity contribution < 1.29 is 31.9 Å². The zero-order valence-electron chi connectivity index (χ0n) is 11.7. The third-order valence-electron chi connectivity index (χ3n) is 2.93. The highest BCUT2D eigenvalue weighted by Crippen LogP contribution is 2.18. The molecule has 0 aliphatic carbocycles. The topological polar surface area (TPSA) is 91.8 Å². The largest absolute Gasteiger partial charge is 0.481 e. The molecule has 0 atom stereocenters. The number of halogens is 2. The van der Waals surface area contributed by atoms with Gasteiger partial charge >= 0.3 is 11.7 Å². The smallest absolute Gasteiger partial charge is 0.341 e. The standard InChI is InChI=1S/C13H15F2NO5S/c1-16(7-6-12(18)19)11(17)8-9-2-4-10(5-3-9)22(20,21)13(14)15/h2-5,13H,6-8H2,1H3,(H,18,19). The highest BCUT2D eigenvalue weighted by molar-refractivity contribution is 7.91. The predicted octanol–water partition coefficient (Wildman–Crippen LogP) is 1.16. The Morgan fingerprint density at radius 3 is 2.23 bits per heavy atom. The minimum absolute atomic E-state index is 0.0476. The van der Waals surface area contributed by atoms with Crippen LogP contribution in [-0.2, 0) is 25.8 Å². The summed E-state index contributed by atoms with van der Waals surface area (Å²) < 4.78 is 47.2. The molecule has 1 aromatic carbocycles. The maximum atomic E-state index is 12.4. The van der Waals surface area contributed by atoms with Gasteiger partial charge in [-0.1, -0.05) is 12.1 Å². The zero-order chi connectivity index (χ0) is 16.9. The van der Waals surface area contributed by atoms with Gasteiger partial charge in [0, 0.05) is 13.6 Å². The number of hydrogen-bond donors (Lipinski definition) is 1. The molecule has 0 fully saturated rings. The van der Waals surface area contributed by atoms with E-state index in [4.69, 9.17) is 5.11 Å². The minimum Gasteiger partial charge on any atom is -0.481 e. The molecule has 0 saturated carbocycles. The van der Waals surface area contributed by atoms with Crippen LogP contribution in [0.5, 0.6) is 0 Å². The zero-order valence-corrected chi connectivity index (χ0v) is 12.5. The molecule has 0 heterocycles. The van der Waals surface area contributed by atoms with E-state index in [9.17, 15) is 26.8 Å². The van der Waals surface area contributed by atoms with Crippen LogP contribution in [-0.4, -0.2) is 49.7 Å². The third kappa shape index (κ3) is 4.76. The fourth-order valence-corrected chi connectivity index (χ4v) is 2.32. The number of carboxylic acid groups (broad SMARTS) is 1. The van der Waals surface area contributed by atoms with E-state index in [0.717, 1.165) is 12.1 Å². The lowest BCUT2D eigenvalue weighted by Crippen LogP contribution is -2.30. The summed E-state index contributed by atoms with van der Waals surface area (Å²) in [6.07, 6.45) is -0.265. The van der Waals surface area contributed by atoms with E-state index in [0.29, 0.717) is 5.56 Å². The lowest BCUT2D eigenvalue weighted by atomic mass is 10.1. The van der Waals surface area contributed by atoms with Gasteiger partial charge < -0.3 is 10.0 Å². The van der Waals surface area contributed by atoms with Crippen LogP contribution < -0.4 is 0 Å². The second-order valence-electron chi connectivity index (χ2n) is 4.59. The van der Waals surface area contributed by atoms with Crippen LogP contribution in [0.1, 0.15) is 12.0 Å². The van der Waals surface area contributed by atoms with E-state index in [1.54, 1.807) is 0 Å². The number of carboxylic acids is 1. The minimum atomic E-state index is -4.65. The van der Waals surface area contributed by atoms with Crippen molar-refractivity contribution in [2.45, 2.75) is 23.5 Å². The summed E-state index contributed by atoms with van der Waals surface area (Å²) in [5.41, 5.74) is 0.445. The van der Waals surface area contributed by atoms with Crippen molar-refractivity contribution >= 4 is 21.7 Å². The molecule has 0 saturated heterocycles. The molecule has 22 heavy (non-hydrogen) atoms. The molecule has 1 N–H and O–H groups in total. The molecule has 0 bridgehead atoms. The van der Waals surface area contributed by atoms with Crippen molar-refractivity contribution in [1.29, 1.82) is 0 Å². The molecule has 122 valence electrons. The third-order valence-corrected chi connectivity index (χ3v) is 4.33. The number of amides is 1. The summed E-state index contributed by atoms with van der Waals surface area (Å²) in [5.74, 6) is -4.88. The van der Waals surface area contributed by atoms with E-state index in [2.05, 4.69) is 0 Å². The number of likely N-dealkylation sites (N-methyl/N-ethyl adjacent to an activating group) is 1. The van der Waals surface area contributed by atoms with E-state index >= 15 is 0 Å². The van der Waals surface area contributed by atoms with Gasteiger partial charge in [0.15, 0.2) is 0 Å². The second-order valence-corrected chi connectivity index (χ2v) is 6.50. The summed E-state index contributed by atoms with van der Waals surface area (Å²) in [5, 5.41) is 8.53. The number of benzene rings is 1. The Morgan fingerprint density at radius 1 is 1.23 bits per heavy atom. The van der Waals surface area contributed by atoms with E-state index in [1.807, 2.05) is 0 Å². The highest BCUT2D eigenvalue weighted by atomic mass is 32.2. The Labute approximate surface area is 126 Å². The molecule has 6 nitrogen and oxygen atoms in total. The molecule has 0 aliphatic heterocycles. The molecular formula is C13H15F2NO5S. The lowest BCUT2D eigenvalue weighted by Gasteiger charge is -2.16. The van der Waals surface area contributed by atoms with Crippen LogP contribution in [0.25, 0.3) is 0 Å². The molecule has 0 aromatic heterocycles. The van der Waals surface area contributed by atoms with Gasteiger partial charge in [0.2, 0.25) is 15.7 Å². The monoisotopic (exact) mass is 335 g/mol. The normalized spacial score (nSPS) is 11.5. The van der Waals surface area contributed by atoms with Crippen molar-refractivity contribution in [1.82, 2.24) is 4.90 Å². The molecule has 0 radical (unpaired) electrons. The fourth-order valence-electron chi connectivity index (χ4n) is 1.60.